The molecule has 0 aliphatic heterocycles. The molecule has 8 heteroatoms. The second kappa shape index (κ2) is 3.81. The van der Waals surface area contributed by atoms with Gasteiger partial charge in [0.15, 0.2) is 16.9 Å². The average Bonchev–Trinajstić information content (AvgIpc) is 2.91. The molecule has 0 amide bonds. The Bertz CT molecular complexity index is 726. The molecule has 0 radical (unpaired) electrons. The second-order valence-electron chi connectivity index (χ2n) is 3.98. The molecule has 0 N–H and O–H groups in total. The van der Waals surface area contributed by atoms with Gasteiger partial charge in [-0.25, -0.2) is 9.36 Å². The normalized spacial score (nSPS) is 12.2. The molecule has 0 atom stereocenters. The zero-order chi connectivity index (χ0) is 13.6. The highest BCUT2D eigenvalue weighted by Crippen LogP contribution is 2.33. The smallest absolute Gasteiger partial charge is 0.230 e. The first kappa shape index (κ1) is 11.7. The van der Waals surface area contributed by atoms with Crippen LogP contribution in [0.2, 0.25) is 0 Å². The minimum Gasteiger partial charge on any atom is -0.230 e. The Morgan fingerprint density at radius 1 is 1.11 bits per heavy atom. The Hall–Kier alpha value is -2.38. The van der Waals surface area contributed by atoms with Crippen molar-refractivity contribution < 1.29 is 13.2 Å². The molecule has 98 valence electrons. The van der Waals surface area contributed by atoms with Gasteiger partial charge in [0.2, 0.25) is 0 Å². The Balaban J connectivity index is 2.34. The summed E-state index contributed by atoms with van der Waals surface area (Å²) in [5.74, 6) is 0. The minimum absolute atomic E-state index is 0.207. The summed E-state index contributed by atoms with van der Waals surface area (Å²) in [6, 6.07) is 8.55. The highest BCUT2D eigenvalue weighted by atomic mass is 19.4. The van der Waals surface area contributed by atoms with E-state index in [-0.39, 0.29) is 11.2 Å². The molecule has 0 saturated heterocycles. The lowest BCUT2D eigenvalue weighted by Gasteiger charge is -2.03. The molecule has 2 aromatic heterocycles. The molecule has 0 saturated carbocycles. The Morgan fingerprint density at radius 3 is 2.42 bits per heavy atom. The topological polar surface area (TPSA) is 48.5 Å². The molecule has 3 rings (SSSR count). The van der Waals surface area contributed by atoms with E-state index in [0.29, 0.717) is 5.69 Å². The predicted molar refractivity (Wildman–Crippen MR) is 60.6 cm³/mol. The van der Waals surface area contributed by atoms with E-state index >= 15 is 0 Å². The van der Waals surface area contributed by atoms with Crippen LogP contribution in [0.5, 0.6) is 0 Å². The van der Waals surface area contributed by atoms with Crippen molar-refractivity contribution in [1.82, 2.24) is 24.8 Å². The van der Waals surface area contributed by atoms with E-state index in [2.05, 4.69) is 15.4 Å². The molecule has 0 aliphatic carbocycles. The monoisotopic (exact) mass is 267 g/mol. The molecule has 0 spiro atoms. The van der Waals surface area contributed by atoms with Crippen LogP contribution in [-0.4, -0.2) is 24.8 Å². The Labute approximate surface area is 105 Å². The van der Waals surface area contributed by atoms with Crippen molar-refractivity contribution in [2.75, 3.05) is 0 Å². The van der Waals surface area contributed by atoms with E-state index in [4.69, 9.17) is 0 Å². The molecule has 3 aromatic rings. The van der Waals surface area contributed by atoms with Gasteiger partial charge in [-0.15, -0.1) is 5.10 Å². The number of nitrogens with zero attached hydrogens (tertiary/aromatic N) is 5. The first-order valence-corrected chi connectivity index (χ1v) is 5.39. The van der Waals surface area contributed by atoms with Gasteiger partial charge in [-0.05, 0) is 12.1 Å². The second-order valence-corrected chi connectivity index (χ2v) is 3.98. The molecular weight excluding hydrogens is 259 g/mol. The summed E-state index contributed by atoms with van der Waals surface area (Å²) in [7, 11) is 1.52. The summed E-state index contributed by atoms with van der Waals surface area (Å²) in [6.45, 7) is 0. The number of para-hydroxylation sites is 1. The van der Waals surface area contributed by atoms with Gasteiger partial charge >= 0.3 is 6.18 Å². The van der Waals surface area contributed by atoms with E-state index in [0.717, 1.165) is 0 Å². The molecule has 2 heterocycles. The van der Waals surface area contributed by atoms with Crippen LogP contribution in [0.4, 0.5) is 13.2 Å². The number of aryl methyl sites for hydroxylation is 1. The van der Waals surface area contributed by atoms with Crippen LogP contribution in [0.25, 0.3) is 16.9 Å². The lowest BCUT2D eigenvalue weighted by molar-refractivity contribution is -0.140. The third kappa shape index (κ3) is 1.76. The fourth-order valence-electron chi connectivity index (χ4n) is 1.88. The molecule has 19 heavy (non-hydrogen) atoms. The van der Waals surface area contributed by atoms with Crippen LogP contribution in [0.3, 0.4) is 0 Å². The van der Waals surface area contributed by atoms with Crippen molar-refractivity contribution in [2.24, 2.45) is 7.05 Å². The van der Waals surface area contributed by atoms with Crippen LogP contribution < -0.4 is 0 Å². The minimum atomic E-state index is -4.56. The van der Waals surface area contributed by atoms with Crippen molar-refractivity contribution >= 4 is 11.2 Å². The molecule has 5 nitrogen and oxygen atoms in total. The van der Waals surface area contributed by atoms with Crippen molar-refractivity contribution in [3.8, 4) is 5.69 Å². The number of fused-ring (bicyclic) bond motifs is 1. The van der Waals surface area contributed by atoms with Crippen molar-refractivity contribution in [2.45, 2.75) is 6.18 Å². The number of rotatable bonds is 1. The van der Waals surface area contributed by atoms with Crippen LogP contribution in [0.15, 0.2) is 30.3 Å². The van der Waals surface area contributed by atoms with E-state index in [1.54, 1.807) is 30.3 Å². The number of hydrogen-bond donors (Lipinski definition) is 0. The maximum absolute atomic E-state index is 12.9. The highest BCUT2D eigenvalue weighted by molar-refractivity contribution is 5.76. The SMILES string of the molecule is Cn1nnc2c(C(F)(F)F)nn(-c3ccccc3)c21. The molecule has 0 unspecified atom stereocenters. The lowest BCUT2D eigenvalue weighted by Crippen LogP contribution is -2.09. The Morgan fingerprint density at radius 2 is 1.79 bits per heavy atom. The molecular formula is C11H8F3N5. The zero-order valence-electron chi connectivity index (χ0n) is 9.76. The first-order valence-electron chi connectivity index (χ1n) is 5.39. The van der Waals surface area contributed by atoms with Crippen LogP contribution in [0, 0.1) is 0 Å². The molecule has 0 fully saturated rings. The van der Waals surface area contributed by atoms with Crippen LogP contribution >= 0.6 is 0 Å². The van der Waals surface area contributed by atoms with Crippen LogP contribution in [-0.2, 0) is 13.2 Å². The Kier molecular flexibility index (Phi) is 2.34. The predicted octanol–water partition coefficient (Wildman–Crippen LogP) is 2.17. The quantitative estimate of drug-likeness (QED) is 0.679. The number of benzene rings is 1. The van der Waals surface area contributed by atoms with Gasteiger partial charge in [0.05, 0.1) is 5.69 Å². The summed E-state index contributed by atoms with van der Waals surface area (Å²) >= 11 is 0. The maximum atomic E-state index is 12.9. The van der Waals surface area contributed by atoms with E-state index < -0.39 is 11.9 Å². The van der Waals surface area contributed by atoms with E-state index in [1.807, 2.05) is 0 Å². The average molecular weight is 267 g/mol. The number of aromatic nitrogens is 5. The van der Waals surface area contributed by atoms with Gasteiger partial charge < -0.3 is 0 Å². The fraction of sp³-hybridized carbons (Fsp3) is 0.182. The number of halogens is 3. The number of hydrogen-bond acceptors (Lipinski definition) is 3. The van der Waals surface area contributed by atoms with E-state index in [9.17, 15) is 13.2 Å². The van der Waals surface area contributed by atoms with Crippen molar-refractivity contribution in [3.05, 3.63) is 36.0 Å². The van der Waals surface area contributed by atoms with Gasteiger partial charge in [0.25, 0.3) is 0 Å². The van der Waals surface area contributed by atoms with Crippen molar-refractivity contribution in [3.63, 3.8) is 0 Å². The first-order chi connectivity index (χ1) is 8.98. The summed E-state index contributed by atoms with van der Waals surface area (Å²) in [6.07, 6.45) is -4.56. The maximum Gasteiger partial charge on any atom is 0.437 e. The summed E-state index contributed by atoms with van der Waals surface area (Å²) in [4.78, 5) is 0. The number of alkyl halides is 3. The highest BCUT2D eigenvalue weighted by Gasteiger charge is 2.39. The largest absolute Gasteiger partial charge is 0.437 e. The summed E-state index contributed by atoms with van der Waals surface area (Å²) in [5.41, 5.74) is -0.551. The summed E-state index contributed by atoms with van der Waals surface area (Å²) < 4.78 is 41.2. The van der Waals surface area contributed by atoms with Gasteiger partial charge in [0.1, 0.15) is 0 Å². The molecule has 0 aliphatic rings. The third-order valence-corrected chi connectivity index (χ3v) is 2.69. The summed E-state index contributed by atoms with van der Waals surface area (Å²) in [5, 5.41) is 10.8. The molecule has 0 bridgehead atoms. The lowest BCUT2D eigenvalue weighted by atomic mass is 10.3. The van der Waals surface area contributed by atoms with Gasteiger partial charge in [-0.2, -0.15) is 18.3 Å². The van der Waals surface area contributed by atoms with Crippen LogP contribution in [0.1, 0.15) is 5.69 Å². The standard InChI is InChI=1S/C11H8F3N5/c1-18-10-8(15-17-18)9(11(12,13)14)16-19(10)7-5-3-2-4-6-7/h2-6H,1H3. The zero-order valence-corrected chi connectivity index (χ0v) is 9.76. The van der Waals surface area contributed by atoms with E-state index in [1.165, 1.54) is 16.4 Å². The fourth-order valence-corrected chi connectivity index (χ4v) is 1.88. The van der Waals surface area contributed by atoms with Gasteiger partial charge in [-0.3, -0.25) is 0 Å². The van der Waals surface area contributed by atoms with Gasteiger partial charge in [0, 0.05) is 7.05 Å². The van der Waals surface area contributed by atoms with Crippen molar-refractivity contribution in [1.29, 1.82) is 0 Å². The molecule has 1 aromatic carbocycles. The third-order valence-electron chi connectivity index (χ3n) is 2.69. The van der Waals surface area contributed by atoms with Gasteiger partial charge in [-0.1, -0.05) is 23.4 Å².